The van der Waals surface area contributed by atoms with E-state index in [1.807, 2.05) is 0 Å². The Bertz CT molecular complexity index is 651. The van der Waals surface area contributed by atoms with Crippen molar-refractivity contribution in [1.82, 2.24) is 30.0 Å². The third kappa shape index (κ3) is 3.49. The lowest BCUT2D eigenvalue weighted by Crippen LogP contribution is -2.50. The molecule has 0 spiro atoms. The van der Waals surface area contributed by atoms with Crippen LogP contribution in [0, 0.1) is 0 Å². The third-order valence-electron chi connectivity index (χ3n) is 5.13. The molecule has 2 aromatic rings. The highest BCUT2D eigenvalue weighted by Gasteiger charge is 2.34. The van der Waals surface area contributed by atoms with E-state index in [1.165, 1.54) is 25.7 Å². The molecule has 2 aliphatic rings. The van der Waals surface area contributed by atoms with Crippen molar-refractivity contribution in [2.24, 2.45) is 0 Å². The summed E-state index contributed by atoms with van der Waals surface area (Å²) in [6.07, 6.45) is 9.97. The van der Waals surface area contributed by atoms with Gasteiger partial charge in [0, 0.05) is 18.7 Å². The van der Waals surface area contributed by atoms with E-state index in [2.05, 4.69) is 25.4 Å². The van der Waals surface area contributed by atoms with Crippen molar-refractivity contribution >= 4 is 0 Å². The molecule has 0 bridgehead atoms. The highest BCUT2D eigenvalue weighted by atomic mass is 16.5. The van der Waals surface area contributed by atoms with Gasteiger partial charge in [0.15, 0.2) is 5.82 Å². The number of aliphatic hydroxyl groups is 1. The maximum atomic E-state index is 10.9. The van der Waals surface area contributed by atoms with E-state index in [-0.39, 0.29) is 0 Å². The second-order valence-electron chi connectivity index (χ2n) is 7.17. The number of piperidine rings is 1. The molecule has 130 valence electrons. The van der Waals surface area contributed by atoms with Crippen molar-refractivity contribution in [3.63, 3.8) is 0 Å². The Morgan fingerprint density at radius 3 is 2.96 bits per heavy atom. The van der Waals surface area contributed by atoms with Gasteiger partial charge in [0.1, 0.15) is 0 Å². The number of rotatable bonds is 5. The molecule has 3 heterocycles. The molecule has 0 unspecified atom stereocenters. The Balaban J connectivity index is 1.37. The SMILES string of the molecule is O[C@]1(Cn2ccnn2)CCCN(Cc2nc(C3CCCC3)no2)C1. The lowest BCUT2D eigenvalue weighted by atomic mass is 9.93. The number of aromatic nitrogens is 5. The van der Waals surface area contributed by atoms with Crippen LogP contribution in [0.25, 0.3) is 0 Å². The van der Waals surface area contributed by atoms with Crippen molar-refractivity contribution in [3.8, 4) is 0 Å². The Kier molecular flexibility index (Phi) is 4.32. The van der Waals surface area contributed by atoms with Crippen LogP contribution < -0.4 is 0 Å². The molecule has 24 heavy (non-hydrogen) atoms. The Labute approximate surface area is 140 Å². The number of nitrogens with zero attached hydrogens (tertiary/aromatic N) is 6. The second-order valence-corrected chi connectivity index (χ2v) is 7.17. The van der Waals surface area contributed by atoms with Crippen molar-refractivity contribution < 1.29 is 9.63 Å². The smallest absolute Gasteiger partial charge is 0.240 e. The molecule has 1 saturated carbocycles. The van der Waals surface area contributed by atoms with Crippen LogP contribution in [0.2, 0.25) is 0 Å². The first kappa shape index (κ1) is 15.7. The summed E-state index contributed by atoms with van der Waals surface area (Å²) < 4.78 is 7.13. The monoisotopic (exact) mass is 332 g/mol. The van der Waals surface area contributed by atoms with Crippen molar-refractivity contribution in [1.29, 1.82) is 0 Å². The van der Waals surface area contributed by atoms with Gasteiger partial charge in [-0.25, -0.2) is 4.68 Å². The number of hydrogen-bond acceptors (Lipinski definition) is 7. The molecule has 0 aromatic carbocycles. The molecule has 8 heteroatoms. The molecule has 0 radical (unpaired) electrons. The molecule has 1 saturated heterocycles. The normalized spacial score (nSPS) is 26.2. The highest BCUT2D eigenvalue weighted by molar-refractivity contribution is 4.98. The van der Waals surface area contributed by atoms with Crippen LogP contribution in [0.4, 0.5) is 0 Å². The first-order valence-electron chi connectivity index (χ1n) is 8.82. The molecule has 1 N–H and O–H groups in total. The highest BCUT2D eigenvalue weighted by Crippen LogP contribution is 2.32. The lowest BCUT2D eigenvalue weighted by molar-refractivity contribution is -0.0498. The van der Waals surface area contributed by atoms with Crippen LogP contribution in [0.5, 0.6) is 0 Å². The zero-order valence-corrected chi connectivity index (χ0v) is 13.8. The fourth-order valence-electron chi connectivity index (χ4n) is 3.96. The van der Waals surface area contributed by atoms with E-state index in [0.717, 1.165) is 25.2 Å². The van der Waals surface area contributed by atoms with Gasteiger partial charge in [0.2, 0.25) is 5.89 Å². The Hall–Kier alpha value is -1.80. The molecule has 2 fully saturated rings. The number of hydrogen-bond donors (Lipinski definition) is 1. The van der Waals surface area contributed by atoms with E-state index < -0.39 is 5.60 Å². The minimum atomic E-state index is -0.791. The number of likely N-dealkylation sites (tertiary alicyclic amines) is 1. The van der Waals surface area contributed by atoms with Crippen LogP contribution >= 0.6 is 0 Å². The predicted molar refractivity (Wildman–Crippen MR) is 85.0 cm³/mol. The molecule has 0 amide bonds. The summed E-state index contributed by atoms with van der Waals surface area (Å²) >= 11 is 0. The molecule has 8 nitrogen and oxygen atoms in total. The first-order chi connectivity index (χ1) is 11.7. The zero-order valence-electron chi connectivity index (χ0n) is 13.8. The number of β-amino-alcohol motifs (C(OH)–C–C–N with tert-alkyl or cyclic N) is 1. The maximum absolute atomic E-state index is 10.9. The van der Waals surface area contributed by atoms with Crippen LogP contribution in [0.1, 0.15) is 56.2 Å². The van der Waals surface area contributed by atoms with Gasteiger partial charge in [-0.05, 0) is 32.2 Å². The van der Waals surface area contributed by atoms with Gasteiger partial charge < -0.3 is 9.63 Å². The van der Waals surface area contributed by atoms with E-state index in [9.17, 15) is 5.11 Å². The van der Waals surface area contributed by atoms with Gasteiger partial charge in [-0.15, -0.1) is 5.10 Å². The first-order valence-corrected chi connectivity index (χ1v) is 8.82. The topological polar surface area (TPSA) is 93.1 Å². The molecule has 1 aliphatic heterocycles. The predicted octanol–water partition coefficient (Wildman–Crippen LogP) is 1.35. The van der Waals surface area contributed by atoms with Crippen LogP contribution in [-0.4, -0.2) is 53.8 Å². The average molecular weight is 332 g/mol. The van der Waals surface area contributed by atoms with Gasteiger partial charge in [0.05, 0.1) is 24.9 Å². The van der Waals surface area contributed by atoms with Gasteiger partial charge in [-0.3, -0.25) is 4.90 Å². The average Bonchev–Trinajstić information content (AvgIpc) is 3.28. The minimum absolute atomic E-state index is 0.459. The van der Waals surface area contributed by atoms with Crippen LogP contribution in [0.3, 0.4) is 0 Å². The van der Waals surface area contributed by atoms with Gasteiger partial charge in [0.25, 0.3) is 0 Å². The quantitative estimate of drug-likeness (QED) is 0.883. The molecular weight excluding hydrogens is 308 g/mol. The largest absolute Gasteiger partial charge is 0.387 e. The maximum Gasteiger partial charge on any atom is 0.240 e. The zero-order chi connectivity index (χ0) is 16.4. The molecule has 1 aliphatic carbocycles. The van der Waals surface area contributed by atoms with Gasteiger partial charge >= 0.3 is 0 Å². The lowest BCUT2D eigenvalue weighted by Gasteiger charge is -2.38. The van der Waals surface area contributed by atoms with Crippen molar-refractivity contribution in [3.05, 3.63) is 24.1 Å². The molecule has 2 aromatic heterocycles. The summed E-state index contributed by atoms with van der Waals surface area (Å²) in [4.78, 5) is 6.77. The van der Waals surface area contributed by atoms with Crippen molar-refractivity contribution in [2.45, 2.75) is 63.1 Å². The van der Waals surface area contributed by atoms with Crippen LogP contribution in [0.15, 0.2) is 16.9 Å². The summed E-state index contributed by atoms with van der Waals surface area (Å²) in [6.45, 7) is 2.56. The molecular formula is C16H24N6O2. The summed E-state index contributed by atoms with van der Waals surface area (Å²) in [5.41, 5.74) is -0.791. The summed E-state index contributed by atoms with van der Waals surface area (Å²) in [5, 5.41) is 22.8. The summed E-state index contributed by atoms with van der Waals surface area (Å²) in [5.74, 6) is 1.98. The standard InChI is InChI=1S/C16H24N6O2/c23-16(12-22-9-7-17-20-22)6-3-8-21(11-16)10-14-18-15(19-24-14)13-4-1-2-5-13/h7,9,13,23H,1-6,8,10-12H2/t16-/m1/s1. The fraction of sp³-hybridized carbons (Fsp3) is 0.750. The van der Waals surface area contributed by atoms with E-state index in [4.69, 9.17) is 4.52 Å². The summed E-state index contributed by atoms with van der Waals surface area (Å²) in [7, 11) is 0. The third-order valence-corrected chi connectivity index (χ3v) is 5.13. The van der Waals surface area contributed by atoms with Gasteiger partial charge in [-0.1, -0.05) is 23.2 Å². The van der Waals surface area contributed by atoms with E-state index in [1.54, 1.807) is 17.1 Å². The van der Waals surface area contributed by atoms with E-state index in [0.29, 0.717) is 31.4 Å². The Morgan fingerprint density at radius 1 is 1.29 bits per heavy atom. The van der Waals surface area contributed by atoms with E-state index >= 15 is 0 Å². The Morgan fingerprint density at radius 2 is 2.17 bits per heavy atom. The van der Waals surface area contributed by atoms with Crippen molar-refractivity contribution in [2.75, 3.05) is 13.1 Å². The van der Waals surface area contributed by atoms with Gasteiger partial charge in [-0.2, -0.15) is 4.98 Å². The summed E-state index contributed by atoms with van der Waals surface area (Å²) in [6, 6.07) is 0. The molecule has 1 atom stereocenters. The fourth-order valence-corrected chi connectivity index (χ4v) is 3.96. The minimum Gasteiger partial charge on any atom is -0.387 e. The second kappa shape index (κ2) is 6.60. The van der Waals surface area contributed by atoms with Crippen LogP contribution in [-0.2, 0) is 13.1 Å². The molecule has 4 rings (SSSR count).